The maximum Gasteiger partial charge on any atom is 0.228 e. The summed E-state index contributed by atoms with van der Waals surface area (Å²) in [5.74, 6) is 1.06. The molecule has 1 amide bonds. The second-order valence-corrected chi connectivity index (χ2v) is 5.09. The van der Waals surface area contributed by atoms with Crippen molar-refractivity contribution in [3.8, 4) is 0 Å². The van der Waals surface area contributed by atoms with E-state index in [-0.39, 0.29) is 36.6 Å². The van der Waals surface area contributed by atoms with Crippen LogP contribution in [0.4, 0.5) is 5.69 Å². The Morgan fingerprint density at radius 3 is 2.90 bits per heavy atom. The summed E-state index contributed by atoms with van der Waals surface area (Å²) in [5, 5.41) is 6.24. The molecule has 0 radical (unpaired) electrons. The zero-order valence-electron chi connectivity index (χ0n) is 11.8. The van der Waals surface area contributed by atoms with Crippen LogP contribution in [0.3, 0.4) is 0 Å². The van der Waals surface area contributed by atoms with Crippen LogP contribution in [-0.2, 0) is 4.79 Å². The van der Waals surface area contributed by atoms with Crippen molar-refractivity contribution < 1.29 is 4.79 Å². The normalized spacial score (nSPS) is 17.7. The maximum atomic E-state index is 12.1. The number of aromatic nitrogens is 2. The largest absolute Gasteiger partial charge is 0.342 e. The zero-order valence-corrected chi connectivity index (χ0v) is 13.4. The molecule has 7 heteroatoms. The number of fused-ring (bicyclic) bond motifs is 1. The number of nitrogens with zero attached hydrogens (tertiary/aromatic N) is 1. The maximum absolute atomic E-state index is 12.1. The van der Waals surface area contributed by atoms with Gasteiger partial charge in [-0.1, -0.05) is 0 Å². The molecule has 0 bridgehead atoms. The first-order valence-electron chi connectivity index (χ1n) is 6.70. The molecule has 1 saturated heterocycles. The van der Waals surface area contributed by atoms with E-state index >= 15 is 0 Å². The molecule has 1 atom stereocenters. The predicted molar refractivity (Wildman–Crippen MR) is 89.6 cm³/mol. The minimum Gasteiger partial charge on any atom is -0.342 e. The molecule has 2 heterocycles. The zero-order chi connectivity index (χ0) is 13.2. The van der Waals surface area contributed by atoms with Crippen molar-refractivity contribution in [3.05, 3.63) is 24.0 Å². The summed E-state index contributed by atoms with van der Waals surface area (Å²) in [5.41, 5.74) is 2.71. The summed E-state index contributed by atoms with van der Waals surface area (Å²) in [6.45, 7) is 3.71. The van der Waals surface area contributed by atoms with Crippen LogP contribution in [0.15, 0.2) is 18.2 Å². The fourth-order valence-electron chi connectivity index (χ4n) is 2.53. The van der Waals surface area contributed by atoms with E-state index in [1.807, 2.05) is 25.1 Å². The number of rotatable bonds is 2. The topological polar surface area (TPSA) is 69.8 Å². The highest BCUT2D eigenvalue weighted by molar-refractivity contribution is 5.94. The molecule has 1 aromatic heterocycles. The average Bonchev–Trinajstić information content (AvgIpc) is 2.79. The van der Waals surface area contributed by atoms with E-state index in [2.05, 4.69) is 20.6 Å². The van der Waals surface area contributed by atoms with Crippen molar-refractivity contribution in [2.75, 3.05) is 18.4 Å². The van der Waals surface area contributed by atoms with Gasteiger partial charge < -0.3 is 15.6 Å². The van der Waals surface area contributed by atoms with Gasteiger partial charge in [0.05, 0.1) is 17.0 Å². The van der Waals surface area contributed by atoms with Gasteiger partial charge in [-0.3, -0.25) is 4.79 Å². The second-order valence-electron chi connectivity index (χ2n) is 5.09. The van der Waals surface area contributed by atoms with E-state index in [4.69, 9.17) is 0 Å². The Balaban J connectivity index is 0.00000110. The van der Waals surface area contributed by atoms with Crippen LogP contribution in [0.1, 0.15) is 18.7 Å². The Kier molecular flexibility index (Phi) is 6.45. The van der Waals surface area contributed by atoms with Crippen LogP contribution in [0.25, 0.3) is 11.0 Å². The molecule has 2 aromatic rings. The van der Waals surface area contributed by atoms with Gasteiger partial charge in [0.25, 0.3) is 0 Å². The fraction of sp³-hybridized carbons (Fsp3) is 0.429. The molecule has 5 nitrogen and oxygen atoms in total. The molecular formula is C14H20Cl2N4O. The molecule has 1 fully saturated rings. The summed E-state index contributed by atoms with van der Waals surface area (Å²) in [6.07, 6.45) is 2.03. The lowest BCUT2D eigenvalue weighted by Crippen LogP contribution is -2.37. The lowest BCUT2D eigenvalue weighted by molar-refractivity contribution is -0.120. The van der Waals surface area contributed by atoms with Crippen LogP contribution in [0, 0.1) is 12.8 Å². The van der Waals surface area contributed by atoms with Gasteiger partial charge in [-0.15, -0.1) is 24.8 Å². The summed E-state index contributed by atoms with van der Waals surface area (Å²) in [7, 11) is 0. The van der Waals surface area contributed by atoms with Crippen molar-refractivity contribution in [2.45, 2.75) is 19.8 Å². The molecule has 3 N–H and O–H groups in total. The highest BCUT2D eigenvalue weighted by Gasteiger charge is 2.20. The number of carbonyl (C=O) groups is 1. The first-order valence-corrected chi connectivity index (χ1v) is 6.70. The second kappa shape index (κ2) is 7.64. The number of aryl methyl sites for hydroxylation is 1. The van der Waals surface area contributed by atoms with E-state index in [1.165, 1.54) is 0 Å². The van der Waals surface area contributed by atoms with E-state index in [9.17, 15) is 4.79 Å². The minimum absolute atomic E-state index is 0. The van der Waals surface area contributed by atoms with Crippen LogP contribution >= 0.6 is 24.8 Å². The number of hydrogen-bond acceptors (Lipinski definition) is 3. The Morgan fingerprint density at radius 1 is 1.38 bits per heavy atom. The quantitative estimate of drug-likeness (QED) is 0.792. The molecule has 1 aliphatic rings. The number of carbonyl (C=O) groups excluding carboxylic acids is 1. The Labute approximate surface area is 136 Å². The molecule has 1 aliphatic heterocycles. The molecule has 3 rings (SSSR count). The predicted octanol–water partition coefficient (Wildman–Crippen LogP) is 2.65. The number of halogens is 2. The monoisotopic (exact) mass is 330 g/mol. The van der Waals surface area contributed by atoms with Gasteiger partial charge in [-0.25, -0.2) is 4.98 Å². The van der Waals surface area contributed by atoms with Crippen molar-refractivity contribution in [1.82, 2.24) is 15.3 Å². The third kappa shape index (κ3) is 4.09. The first kappa shape index (κ1) is 17.8. The van der Waals surface area contributed by atoms with Crippen LogP contribution < -0.4 is 10.6 Å². The van der Waals surface area contributed by atoms with Crippen molar-refractivity contribution >= 4 is 47.4 Å². The van der Waals surface area contributed by atoms with Gasteiger partial charge in [0.15, 0.2) is 0 Å². The Morgan fingerprint density at radius 2 is 2.19 bits per heavy atom. The van der Waals surface area contributed by atoms with Gasteiger partial charge in [-0.2, -0.15) is 0 Å². The number of amides is 1. The lowest BCUT2D eigenvalue weighted by Gasteiger charge is -2.21. The third-order valence-corrected chi connectivity index (χ3v) is 3.54. The van der Waals surface area contributed by atoms with Gasteiger partial charge in [-0.05, 0) is 44.5 Å². The number of nitrogens with one attached hydrogen (secondary N) is 3. The molecule has 0 unspecified atom stereocenters. The highest BCUT2D eigenvalue weighted by atomic mass is 35.5. The first-order chi connectivity index (χ1) is 9.22. The molecule has 116 valence electrons. The third-order valence-electron chi connectivity index (χ3n) is 3.54. The van der Waals surface area contributed by atoms with Gasteiger partial charge >= 0.3 is 0 Å². The summed E-state index contributed by atoms with van der Waals surface area (Å²) >= 11 is 0. The number of hydrogen-bond donors (Lipinski definition) is 3. The van der Waals surface area contributed by atoms with E-state index in [0.29, 0.717) is 0 Å². The van der Waals surface area contributed by atoms with E-state index in [1.54, 1.807) is 0 Å². The van der Waals surface area contributed by atoms with E-state index < -0.39 is 0 Å². The fourth-order valence-corrected chi connectivity index (χ4v) is 2.53. The number of H-pyrrole nitrogens is 1. The van der Waals surface area contributed by atoms with Gasteiger partial charge in [0.2, 0.25) is 5.91 Å². The average molecular weight is 331 g/mol. The number of anilines is 1. The van der Waals surface area contributed by atoms with Gasteiger partial charge in [0.1, 0.15) is 5.82 Å². The van der Waals surface area contributed by atoms with E-state index in [0.717, 1.165) is 48.5 Å². The Bertz CT molecular complexity index is 608. The smallest absolute Gasteiger partial charge is 0.228 e. The van der Waals surface area contributed by atoms with Crippen molar-refractivity contribution in [1.29, 1.82) is 0 Å². The lowest BCUT2D eigenvalue weighted by atomic mass is 9.99. The summed E-state index contributed by atoms with van der Waals surface area (Å²) < 4.78 is 0. The number of piperidine rings is 1. The molecule has 0 saturated carbocycles. The van der Waals surface area contributed by atoms with Crippen molar-refractivity contribution in [2.24, 2.45) is 5.92 Å². The number of imidazole rings is 1. The number of aromatic amines is 1. The molecular weight excluding hydrogens is 311 g/mol. The van der Waals surface area contributed by atoms with Crippen molar-refractivity contribution in [3.63, 3.8) is 0 Å². The summed E-state index contributed by atoms with van der Waals surface area (Å²) in [6, 6.07) is 5.76. The summed E-state index contributed by atoms with van der Waals surface area (Å²) in [4.78, 5) is 19.7. The highest BCUT2D eigenvalue weighted by Crippen LogP contribution is 2.19. The Hall–Kier alpha value is -1.30. The van der Waals surface area contributed by atoms with Crippen LogP contribution in [0.2, 0.25) is 0 Å². The van der Waals surface area contributed by atoms with Gasteiger partial charge in [0, 0.05) is 12.2 Å². The minimum atomic E-state index is 0. The standard InChI is InChI=1S/C14H18N4O.2ClH/c1-9-16-12-5-4-11(7-13(12)17-9)18-14(19)10-3-2-6-15-8-10;;/h4-5,7,10,15H,2-3,6,8H2,1H3,(H,16,17)(H,18,19);2*1H/t10-;;/m1../s1. The van der Waals surface area contributed by atoms with Crippen LogP contribution in [0.5, 0.6) is 0 Å². The molecule has 1 aromatic carbocycles. The number of benzene rings is 1. The SMILES string of the molecule is Cc1nc2ccc(NC(=O)[C@@H]3CCCNC3)cc2[nH]1.Cl.Cl. The van der Waals surface area contributed by atoms with Crippen LogP contribution in [-0.4, -0.2) is 29.0 Å². The molecule has 0 aliphatic carbocycles. The molecule has 0 spiro atoms. The molecule has 21 heavy (non-hydrogen) atoms.